The van der Waals surface area contributed by atoms with E-state index in [2.05, 4.69) is 15.3 Å². The van der Waals surface area contributed by atoms with Gasteiger partial charge < -0.3 is 11.1 Å². The molecule has 0 saturated carbocycles. The molecule has 172 valence electrons. The number of hydrogen-bond acceptors (Lipinski definition) is 4. The average Bonchev–Trinajstić information content (AvgIpc) is 2.82. The maximum atomic E-state index is 13.9. The van der Waals surface area contributed by atoms with Crippen molar-refractivity contribution in [1.29, 1.82) is 0 Å². The van der Waals surface area contributed by atoms with Gasteiger partial charge in [0, 0.05) is 30.1 Å². The zero-order valence-corrected chi connectivity index (χ0v) is 18.8. The maximum absolute atomic E-state index is 13.9. The first-order chi connectivity index (χ1) is 16.4. The number of amides is 1. The smallest absolute Gasteiger partial charge is 0.229 e. The first-order valence-corrected chi connectivity index (χ1v) is 10.9. The number of rotatable bonds is 8. The highest BCUT2D eigenvalue weighted by Crippen LogP contribution is 2.33. The summed E-state index contributed by atoms with van der Waals surface area (Å²) in [6.07, 6.45) is 3.69. The number of carbonyl (C=O) groups excluding carboxylic acids is 1. The van der Waals surface area contributed by atoms with Gasteiger partial charge in [-0.1, -0.05) is 35.9 Å². The minimum atomic E-state index is -0.810. The second-order valence-electron chi connectivity index (χ2n) is 7.69. The standard InChI is InChI=1S/C26H21ClF2N4O/c27-22-8-6-19(29)14-21(22)23-9-7-20(24(25(30)34)17-4-2-11-31-15-17)26(33-23)32-12-10-16-3-1-5-18(28)13-16/h1-9,11,13-15,24H,10,12H2,(H2,30,34)(H,32,33). The van der Waals surface area contributed by atoms with Gasteiger partial charge in [-0.2, -0.15) is 0 Å². The predicted octanol–water partition coefficient (Wildman–Crippen LogP) is 5.35. The van der Waals surface area contributed by atoms with Gasteiger partial charge in [-0.05, 0) is 60.0 Å². The fourth-order valence-electron chi connectivity index (χ4n) is 3.75. The molecular formula is C26H21ClF2N4O. The summed E-state index contributed by atoms with van der Waals surface area (Å²) in [5, 5.41) is 3.57. The quantitative estimate of drug-likeness (QED) is 0.358. The lowest BCUT2D eigenvalue weighted by atomic mass is 9.91. The second-order valence-corrected chi connectivity index (χ2v) is 8.09. The van der Waals surface area contributed by atoms with Gasteiger partial charge in [0.15, 0.2) is 0 Å². The fraction of sp³-hybridized carbons (Fsp3) is 0.115. The van der Waals surface area contributed by atoms with Crippen LogP contribution in [0, 0.1) is 11.6 Å². The van der Waals surface area contributed by atoms with Crippen molar-refractivity contribution in [1.82, 2.24) is 9.97 Å². The van der Waals surface area contributed by atoms with E-state index < -0.39 is 17.6 Å². The van der Waals surface area contributed by atoms with Crippen molar-refractivity contribution in [2.75, 3.05) is 11.9 Å². The number of pyridine rings is 2. The van der Waals surface area contributed by atoms with Crippen molar-refractivity contribution < 1.29 is 13.6 Å². The van der Waals surface area contributed by atoms with E-state index in [-0.39, 0.29) is 5.82 Å². The third-order valence-corrected chi connectivity index (χ3v) is 5.67. The molecule has 0 aliphatic rings. The Labute approximate surface area is 200 Å². The van der Waals surface area contributed by atoms with Gasteiger partial charge in [-0.25, -0.2) is 13.8 Å². The first kappa shape index (κ1) is 23.3. The van der Waals surface area contributed by atoms with Crippen LogP contribution in [0.2, 0.25) is 5.02 Å². The Kier molecular flexibility index (Phi) is 7.13. The van der Waals surface area contributed by atoms with Crippen molar-refractivity contribution in [3.63, 3.8) is 0 Å². The summed E-state index contributed by atoms with van der Waals surface area (Å²) in [6, 6.07) is 17.2. The lowest BCUT2D eigenvalue weighted by Crippen LogP contribution is -2.24. The third-order valence-electron chi connectivity index (χ3n) is 5.34. The number of nitrogens with one attached hydrogen (secondary N) is 1. The van der Waals surface area contributed by atoms with Crippen LogP contribution in [0.5, 0.6) is 0 Å². The molecule has 2 heterocycles. The number of anilines is 1. The molecule has 2 aromatic carbocycles. The maximum Gasteiger partial charge on any atom is 0.229 e. The van der Waals surface area contributed by atoms with Crippen LogP contribution in [0.15, 0.2) is 79.1 Å². The van der Waals surface area contributed by atoms with Crippen LogP contribution in [-0.2, 0) is 11.2 Å². The second kappa shape index (κ2) is 10.4. The molecule has 4 rings (SSSR count). The molecule has 5 nitrogen and oxygen atoms in total. The molecule has 0 radical (unpaired) electrons. The van der Waals surface area contributed by atoms with E-state index in [9.17, 15) is 13.6 Å². The van der Waals surface area contributed by atoms with E-state index in [1.807, 2.05) is 6.07 Å². The molecule has 0 bridgehead atoms. The van der Waals surface area contributed by atoms with E-state index in [4.69, 9.17) is 17.3 Å². The Morgan fingerprint density at radius 1 is 1.03 bits per heavy atom. The Morgan fingerprint density at radius 3 is 2.59 bits per heavy atom. The highest BCUT2D eigenvalue weighted by Gasteiger charge is 2.25. The average molecular weight is 479 g/mol. The molecule has 8 heteroatoms. The van der Waals surface area contributed by atoms with Crippen LogP contribution in [0.25, 0.3) is 11.3 Å². The van der Waals surface area contributed by atoms with Crippen LogP contribution in [-0.4, -0.2) is 22.4 Å². The number of primary amides is 1. The number of nitrogens with zero attached hydrogens (tertiary/aromatic N) is 2. The fourth-order valence-corrected chi connectivity index (χ4v) is 3.96. The molecule has 34 heavy (non-hydrogen) atoms. The summed E-state index contributed by atoms with van der Waals surface area (Å²) in [5.74, 6) is -1.75. The molecule has 1 amide bonds. The van der Waals surface area contributed by atoms with Gasteiger partial charge in [0.2, 0.25) is 5.91 Å². The molecule has 3 N–H and O–H groups in total. The summed E-state index contributed by atoms with van der Waals surface area (Å²) in [5.41, 5.74) is 8.56. The molecule has 0 aliphatic heterocycles. The summed E-state index contributed by atoms with van der Waals surface area (Å²) < 4.78 is 27.4. The van der Waals surface area contributed by atoms with Crippen LogP contribution >= 0.6 is 11.6 Å². The lowest BCUT2D eigenvalue weighted by Gasteiger charge is -2.19. The van der Waals surface area contributed by atoms with E-state index in [1.54, 1.807) is 42.7 Å². The number of benzene rings is 2. The molecule has 0 fully saturated rings. The molecule has 0 saturated heterocycles. The summed E-state index contributed by atoms with van der Waals surface area (Å²) in [6.45, 7) is 0.405. The van der Waals surface area contributed by atoms with E-state index in [0.717, 1.165) is 5.56 Å². The minimum absolute atomic E-state index is 0.315. The van der Waals surface area contributed by atoms with Crippen molar-refractivity contribution in [2.45, 2.75) is 12.3 Å². The number of aromatic nitrogens is 2. The summed E-state index contributed by atoms with van der Waals surface area (Å²) in [4.78, 5) is 21.2. The molecule has 1 atom stereocenters. The number of carbonyl (C=O) groups is 1. The predicted molar refractivity (Wildman–Crippen MR) is 129 cm³/mol. The van der Waals surface area contributed by atoms with E-state index in [0.29, 0.717) is 46.2 Å². The Balaban J connectivity index is 1.73. The number of hydrogen-bond donors (Lipinski definition) is 2. The van der Waals surface area contributed by atoms with Gasteiger partial charge >= 0.3 is 0 Å². The minimum Gasteiger partial charge on any atom is -0.369 e. The van der Waals surface area contributed by atoms with Gasteiger partial charge in [-0.3, -0.25) is 9.78 Å². The SMILES string of the molecule is NC(=O)C(c1cccnc1)c1ccc(-c2cc(F)ccc2Cl)nc1NCCc1cccc(F)c1. The highest BCUT2D eigenvalue weighted by atomic mass is 35.5. The Hall–Kier alpha value is -3.84. The summed E-state index contributed by atoms with van der Waals surface area (Å²) in [7, 11) is 0. The van der Waals surface area contributed by atoms with Crippen LogP contribution in [0.4, 0.5) is 14.6 Å². The summed E-state index contributed by atoms with van der Waals surface area (Å²) >= 11 is 6.29. The van der Waals surface area contributed by atoms with Crippen molar-refractivity contribution >= 4 is 23.3 Å². The van der Waals surface area contributed by atoms with Crippen LogP contribution in [0.3, 0.4) is 0 Å². The monoisotopic (exact) mass is 478 g/mol. The van der Waals surface area contributed by atoms with Crippen LogP contribution < -0.4 is 11.1 Å². The van der Waals surface area contributed by atoms with Gasteiger partial charge in [0.1, 0.15) is 17.5 Å². The zero-order chi connectivity index (χ0) is 24.1. The number of halogens is 3. The van der Waals surface area contributed by atoms with E-state index >= 15 is 0 Å². The molecule has 0 aliphatic carbocycles. The van der Waals surface area contributed by atoms with Gasteiger partial charge in [0.05, 0.1) is 16.6 Å². The molecular weight excluding hydrogens is 458 g/mol. The Morgan fingerprint density at radius 2 is 1.85 bits per heavy atom. The third kappa shape index (κ3) is 5.38. The number of nitrogens with two attached hydrogens (primary N) is 1. The first-order valence-electron chi connectivity index (χ1n) is 10.6. The van der Waals surface area contributed by atoms with Crippen molar-refractivity contribution in [2.24, 2.45) is 5.73 Å². The highest BCUT2D eigenvalue weighted by molar-refractivity contribution is 6.33. The van der Waals surface area contributed by atoms with Crippen molar-refractivity contribution in [3.8, 4) is 11.3 Å². The largest absolute Gasteiger partial charge is 0.369 e. The zero-order valence-electron chi connectivity index (χ0n) is 18.0. The molecule has 4 aromatic rings. The molecule has 1 unspecified atom stereocenters. The van der Waals surface area contributed by atoms with Gasteiger partial charge in [-0.15, -0.1) is 0 Å². The lowest BCUT2D eigenvalue weighted by molar-refractivity contribution is -0.118. The molecule has 0 spiro atoms. The van der Waals surface area contributed by atoms with Crippen LogP contribution in [0.1, 0.15) is 22.6 Å². The topological polar surface area (TPSA) is 80.9 Å². The normalized spacial score (nSPS) is 11.7. The van der Waals surface area contributed by atoms with E-state index in [1.165, 1.54) is 30.3 Å². The van der Waals surface area contributed by atoms with Gasteiger partial charge in [0.25, 0.3) is 0 Å². The molecule has 2 aromatic heterocycles. The Bertz CT molecular complexity index is 1320. The van der Waals surface area contributed by atoms with Crippen molar-refractivity contribution in [3.05, 3.63) is 112 Å².